The van der Waals surface area contributed by atoms with Crippen molar-refractivity contribution in [2.45, 2.75) is 44.0 Å². The lowest BCUT2D eigenvalue weighted by molar-refractivity contribution is 0.0952. The predicted molar refractivity (Wildman–Crippen MR) is 101 cm³/mol. The Bertz CT molecular complexity index is 654. The van der Waals surface area contributed by atoms with Crippen molar-refractivity contribution in [3.63, 3.8) is 0 Å². The summed E-state index contributed by atoms with van der Waals surface area (Å²) >= 11 is 0. The van der Waals surface area contributed by atoms with Gasteiger partial charge in [-0.2, -0.15) is 4.31 Å². The Balaban J connectivity index is 0.00000312. The van der Waals surface area contributed by atoms with Crippen LogP contribution in [0.2, 0.25) is 0 Å². The van der Waals surface area contributed by atoms with E-state index in [9.17, 15) is 13.2 Å². The van der Waals surface area contributed by atoms with Crippen LogP contribution in [0.5, 0.6) is 0 Å². The number of amides is 1. The number of nitrogens with two attached hydrogens (primary N) is 1. The first-order valence-electron chi connectivity index (χ1n) is 8.44. The third-order valence-corrected chi connectivity index (χ3v) is 6.29. The number of hydrogen-bond donors (Lipinski definition) is 2. The van der Waals surface area contributed by atoms with Crippen molar-refractivity contribution in [2.24, 2.45) is 11.7 Å². The van der Waals surface area contributed by atoms with Gasteiger partial charge in [0.25, 0.3) is 5.91 Å². The Hall–Kier alpha value is -1.15. The summed E-state index contributed by atoms with van der Waals surface area (Å²) in [5.41, 5.74) is 6.09. The smallest absolute Gasteiger partial charge is 0.251 e. The van der Waals surface area contributed by atoms with Gasteiger partial charge >= 0.3 is 0 Å². The van der Waals surface area contributed by atoms with Gasteiger partial charge in [0.15, 0.2) is 0 Å². The lowest BCUT2D eigenvalue weighted by Gasteiger charge is -2.29. The number of carbonyl (C=O) groups excluding carboxylic acids is 1. The number of hydrogen-bond acceptors (Lipinski definition) is 4. The van der Waals surface area contributed by atoms with Gasteiger partial charge in [-0.15, -0.1) is 12.4 Å². The van der Waals surface area contributed by atoms with E-state index in [-0.39, 0.29) is 29.3 Å². The minimum absolute atomic E-state index is 0. The SMILES string of the molecule is CC(N)CCNC(=O)c1ccc(S(=O)(=O)N2CCC(C)CC2)cc1.Cl. The molecule has 0 aromatic heterocycles. The quantitative estimate of drug-likeness (QED) is 0.778. The Morgan fingerprint density at radius 3 is 2.36 bits per heavy atom. The molecule has 1 amide bonds. The van der Waals surface area contributed by atoms with E-state index in [1.54, 1.807) is 12.1 Å². The van der Waals surface area contributed by atoms with Crippen LogP contribution in [-0.4, -0.2) is 44.3 Å². The second-order valence-electron chi connectivity index (χ2n) is 6.63. The molecule has 1 atom stereocenters. The molecule has 1 aromatic carbocycles. The second kappa shape index (κ2) is 9.52. The number of carbonyl (C=O) groups is 1. The minimum atomic E-state index is -3.47. The fourth-order valence-corrected chi connectivity index (χ4v) is 4.14. The topological polar surface area (TPSA) is 92.5 Å². The summed E-state index contributed by atoms with van der Waals surface area (Å²) < 4.78 is 26.8. The molecule has 1 aliphatic rings. The molecule has 0 radical (unpaired) electrons. The molecule has 6 nitrogen and oxygen atoms in total. The Morgan fingerprint density at radius 1 is 1.28 bits per heavy atom. The van der Waals surface area contributed by atoms with Crippen molar-refractivity contribution in [3.8, 4) is 0 Å². The zero-order valence-electron chi connectivity index (χ0n) is 14.8. The van der Waals surface area contributed by atoms with E-state index in [0.717, 1.165) is 12.8 Å². The molecule has 3 N–H and O–H groups in total. The molecule has 0 bridgehead atoms. The summed E-state index contributed by atoms with van der Waals surface area (Å²) in [4.78, 5) is 12.3. The molecule has 8 heteroatoms. The molecule has 1 fully saturated rings. The summed E-state index contributed by atoms with van der Waals surface area (Å²) in [7, 11) is -3.47. The number of benzene rings is 1. The zero-order valence-corrected chi connectivity index (χ0v) is 16.4. The van der Waals surface area contributed by atoms with E-state index in [1.807, 2.05) is 6.92 Å². The maximum atomic E-state index is 12.6. The van der Waals surface area contributed by atoms with Crippen LogP contribution in [0, 0.1) is 5.92 Å². The summed E-state index contributed by atoms with van der Waals surface area (Å²) in [6, 6.07) is 6.16. The van der Waals surface area contributed by atoms with Crippen LogP contribution in [-0.2, 0) is 10.0 Å². The number of nitrogens with one attached hydrogen (secondary N) is 1. The number of nitrogens with zero attached hydrogens (tertiary/aromatic N) is 1. The molecule has 1 saturated heterocycles. The van der Waals surface area contributed by atoms with Gasteiger partial charge in [0, 0.05) is 31.2 Å². The van der Waals surface area contributed by atoms with Gasteiger partial charge in [0.1, 0.15) is 0 Å². The van der Waals surface area contributed by atoms with E-state index >= 15 is 0 Å². The fourth-order valence-electron chi connectivity index (χ4n) is 2.67. The van der Waals surface area contributed by atoms with Crippen molar-refractivity contribution in [2.75, 3.05) is 19.6 Å². The van der Waals surface area contributed by atoms with E-state index < -0.39 is 10.0 Å². The van der Waals surface area contributed by atoms with Crippen LogP contribution in [0.3, 0.4) is 0 Å². The normalized spacial score (nSPS) is 17.6. The highest BCUT2D eigenvalue weighted by Crippen LogP contribution is 2.23. The molecule has 0 spiro atoms. The standard InChI is InChI=1S/C17H27N3O3S.ClH/c1-13-8-11-20(12-9-13)24(22,23)16-5-3-15(4-6-16)17(21)19-10-7-14(2)18;/h3-6,13-14H,7-12,18H2,1-2H3,(H,19,21);1H. The third-order valence-electron chi connectivity index (χ3n) is 4.38. The second-order valence-corrected chi connectivity index (χ2v) is 8.57. The van der Waals surface area contributed by atoms with Gasteiger partial charge < -0.3 is 11.1 Å². The maximum Gasteiger partial charge on any atom is 0.251 e. The molecule has 0 saturated carbocycles. The van der Waals surface area contributed by atoms with E-state index in [2.05, 4.69) is 12.2 Å². The van der Waals surface area contributed by atoms with Crippen molar-refractivity contribution >= 4 is 28.3 Å². The number of sulfonamides is 1. The van der Waals surface area contributed by atoms with Crippen LogP contribution in [0.25, 0.3) is 0 Å². The van der Waals surface area contributed by atoms with Crippen molar-refractivity contribution < 1.29 is 13.2 Å². The number of rotatable bonds is 6. The van der Waals surface area contributed by atoms with Crippen LogP contribution in [0.4, 0.5) is 0 Å². The van der Waals surface area contributed by atoms with Gasteiger partial charge in [0.2, 0.25) is 10.0 Å². The zero-order chi connectivity index (χ0) is 17.7. The Morgan fingerprint density at radius 2 is 1.84 bits per heavy atom. The van der Waals surface area contributed by atoms with E-state index in [1.165, 1.54) is 16.4 Å². The molecule has 0 aliphatic carbocycles. The van der Waals surface area contributed by atoms with Crippen LogP contribution < -0.4 is 11.1 Å². The highest BCUT2D eigenvalue weighted by atomic mass is 35.5. The largest absolute Gasteiger partial charge is 0.352 e. The van der Waals surface area contributed by atoms with Crippen LogP contribution >= 0.6 is 12.4 Å². The Labute approximate surface area is 156 Å². The minimum Gasteiger partial charge on any atom is -0.352 e. The highest BCUT2D eigenvalue weighted by molar-refractivity contribution is 7.89. The van der Waals surface area contributed by atoms with Crippen LogP contribution in [0.1, 0.15) is 43.5 Å². The van der Waals surface area contributed by atoms with Crippen molar-refractivity contribution in [1.29, 1.82) is 0 Å². The van der Waals surface area contributed by atoms with Gasteiger partial charge in [-0.3, -0.25) is 4.79 Å². The van der Waals surface area contributed by atoms with Gasteiger partial charge in [-0.1, -0.05) is 6.92 Å². The van der Waals surface area contributed by atoms with E-state index in [0.29, 0.717) is 37.5 Å². The molecule has 1 aliphatic heterocycles. The summed E-state index contributed by atoms with van der Waals surface area (Å²) in [6.45, 7) is 5.64. The van der Waals surface area contributed by atoms with Crippen LogP contribution in [0.15, 0.2) is 29.2 Å². The first-order valence-corrected chi connectivity index (χ1v) is 9.88. The summed E-state index contributed by atoms with van der Waals surface area (Å²) in [5, 5.41) is 2.78. The first kappa shape index (κ1) is 21.9. The molecular formula is C17H28ClN3O3S. The van der Waals surface area contributed by atoms with E-state index in [4.69, 9.17) is 5.73 Å². The Kier molecular flexibility index (Phi) is 8.34. The van der Waals surface area contributed by atoms with Crippen molar-refractivity contribution in [3.05, 3.63) is 29.8 Å². The highest BCUT2D eigenvalue weighted by Gasteiger charge is 2.28. The molecule has 1 heterocycles. The molecule has 2 rings (SSSR count). The van der Waals surface area contributed by atoms with Gasteiger partial charge in [-0.05, 0) is 56.4 Å². The average Bonchev–Trinajstić information content (AvgIpc) is 2.55. The molecule has 1 aromatic rings. The monoisotopic (exact) mass is 389 g/mol. The number of halogens is 1. The van der Waals surface area contributed by atoms with Gasteiger partial charge in [-0.25, -0.2) is 8.42 Å². The molecule has 25 heavy (non-hydrogen) atoms. The molecule has 1 unspecified atom stereocenters. The maximum absolute atomic E-state index is 12.6. The van der Waals surface area contributed by atoms with Gasteiger partial charge in [0.05, 0.1) is 4.90 Å². The third kappa shape index (κ3) is 5.95. The molecular weight excluding hydrogens is 362 g/mol. The first-order chi connectivity index (χ1) is 11.3. The van der Waals surface area contributed by atoms with Crippen molar-refractivity contribution in [1.82, 2.24) is 9.62 Å². The lowest BCUT2D eigenvalue weighted by atomic mass is 10.0. The summed E-state index contributed by atoms with van der Waals surface area (Å²) in [6.07, 6.45) is 2.48. The average molecular weight is 390 g/mol. The number of piperidine rings is 1. The molecule has 142 valence electrons. The predicted octanol–water partition coefficient (Wildman–Crippen LogP) is 2.00. The fraction of sp³-hybridized carbons (Fsp3) is 0.588. The lowest BCUT2D eigenvalue weighted by Crippen LogP contribution is -2.37. The summed E-state index contributed by atoms with van der Waals surface area (Å²) in [5.74, 6) is 0.352.